The summed E-state index contributed by atoms with van der Waals surface area (Å²) in [6.45, 7) is 4.60. The van der Waals surface area contributed by atoms with Crippen molar-refractivity contribution in [3.8, 4) is 20.9 Å². The summed E-state index contributed by atoms with van der Waals surface area (Å²) in [5, 5.41) is 2.85. The van der Waals surface area contributed by atoms with E-state index >= 15 is 0 Å². The molecule has 0 aliphatic carbocycles. The first-order valence-corrected chi connectivity index (χ1v) is 22.6. The van der Waals surface area contributed by atoms with Gasteiger partial charge in [0, 0.05) is 39.7 Å². The normalized spacial score (nSPS) is 12.0. The van der Waals surface area contributed by atoms with E-state index in [0.29, 0.717) is 0 Å². The van der Waals surface area contributed by atoms with Gasteiger partial charge in [-0.2, -0.15) is 0 Å². The van der Waals surface area contributed by atoms with E-state index in [2.05, 4.69) is 74.5 Å². The number of hydrogen-bond donors (Lipinski definition) is 0. The monoisotopic (exact) mass is 712 g/mol. The van der Waals surface area contributed by atoms with Crippen molar-refractivity contribution in [2.24, 2.45) is 0 Å². The van der Waals surface area contributed by atoms with E-state index in [4.69, 9.17) is 0 Å². The van der Waals surface area contributed by atoms with Crippen LogP contribution in [0.5, 0.6) is 0 Å². The Kier molecular flexibility index (Phi) is 14.1. The van der Waals surface area contributed by atoms with E-state index in [9.17, 15) is 0 Å². The molecule has 48 heavy (non-hydrogen) atoms. The summed E-state index contributed by atoms with van der Waals surface area (Å²) >= 11 is 7.97. The van der Waals surface area contributed by atoms with E-state index in [1.54, 1.807) is 9.75 Å². The molecular formula is C44H56S4. The first-order chi connectivity index (χ1) is 23.7. The zero-order chi connectivity index (χ0) is 33.0. The summed E-state index contributed by atoms with van der Waals surface area (Å²) in [5.41, 5.74) is 2.75. The highest BCUT2D eigenvalue weighted by Crippen LogP contribution is 2.46. The van der Waals surface area contributed by atoms with Crippen LogP contribution in [0.3, 0.4) is 0 Å². The van der Waals surface area contributed by atoms with Crippen molar-refractivity contribution in [3.63, 3.8) is 0 Å². The van der Waals surface area contributed by atoms with Crippen LogP contribution in [0.15, 0.2) is 60.7 Å². The van der Waals surface area contributed by atoms with Gasteiger partial charge in [-0.05, 0) is 73.2 Å². The molecule has 4 heterocycles. The maximum absolute atomic E-state index is 2.45. The second-order valence-corrected chi connectivity index (χ2v) is 18.4. The number of rotatable bonds is 22. The van der Waals surface area contributed by atoms with Gasteiger partial charge in [0.2, 0.25) is 0 Å². The van der Waals surface area contributed by atoms with Crippen molar-refractivity contribution >= 4 is 74.9 Å². The smallest absolute Gasteiger partial charge is 0.0542 e. The van der Waals surface area contributed by atoms with Gasteiger partial charge >= 0.3 is 0 Å². The maximum atomic E-state index is 2.45. The molecule has 0 N–H and O–H groups in total. The number of fused-ring (bicyclic) bond motifs is 5. The first kappa shape index (κ1) is 35.8. The van der Waals surface area contributed by atoms with Crippen LogP contribution in [0.2, 0.25) is 0 Å². The quantitative estimate of drug-likeness (QED) is 0.0615. The Balaban J connectivity index is 1.02. The van der Waals surface area contributed by atoms with E-state index in [1.807, 2.05) is 45.3 Å². The summed E-state index contributed by atoms with van der Waals surface area (Å²) in [6.07, 6.45) is 27.6. The van der Waals surface area contributed by atoms with Crippen molar-refractivity contribution in [2.45, 2.75) is 142 Å². The molecule has 2 aromatic carbocycles. The highest BCUT2D eigenvalue weighted by molar-refractivity contribution is 7.36. The summed E-state index contributed by atoms with van der Waals surface area (Å²) in [7, 11) is 0. The topological polar surface area (TPSA) is 0 Å². The molecule has 0 bridgehead atoms. The lowest BCUT2D eigenvalue weighted by molar-refractivity contribution is 0.557. The molecule has 0 aliphatic heterocycles. The van der Waals surface area contributed by atoms with Gasteiger partial charge in [0.25, 0.3) is 0 Å². The van der Waals surface area contributed by atoms with Gasteiger partial charge in [-0.3, -0.25) is 0 Å². The van der Waals surface area contributed by atoms with E-state index in [1.165, 1.54) is 179 Å². The largest absolute Gasteiger partial charge is 0.140 e. The molecule has 256 valence electrons. The number of unbranched alkanes of at least 4 members (excludes halogenated alkanes) is 16. The van der Waals surface area contributed by atoms with Crippen molar-refractivity contribution in [2.75, 3.05) is 0 Å². The van der Waals surface area contributed by atoms with E-state index in [0.717, 1.165) is 0 Å². The first-order valence-electron chi connectivity index (χ1n) is 19.3. The SMILES string of the molecule is CCCCCCCCCCCCc1ccc(-c2ccc3c(c2)sc2c4ccc(-c5ccc(CCCCCCCCCC)s5)cc4sc32)s1. The minimum Gasteiger partial charge on any atom is -0.140 e. The third-order valence-electron chi connectivity index (χ3n) is 10.0. The van der Waals surface area contributed by atoms with Crippen molar-refractivity contribution < 1.29 is 0 Å². The minimum absolute atomic E-state index is 1.23. The van der Waals surface area contributed by atoms with Crippen LogP contribution in [-0.2, 0) is 12.8 Å². The summed E-state index contributed by atoms with van der Waals surface area (Å²) in [5.74, 6) is 0. The fourth-order valence-electron chi connectivity index (χ4n) is 7.12. The van der Waals surface area contributed by atoms with Gasteiger partial charge in [0.1, 0.15) is 0 Å². The summed E-state index contributed by atoms with van der Waals surface area (Å²) in [4.78, 5) is 5.93. The van der Waals surface area contributed by atoms with Gasteiger partial charge in [0.05, 0.1) is 9.40 Å². The average Bonchev–Trinajstić information content (AvgIpc) is 3.91. The van der Waals surface area contributed by atoms with Crippen LogP contribution in [0, 0.1) is 0 Å². The van der Waals surface area contributed by atoms with Crippen LogP contribution in [0.25, 0.3) is 50.5 Å². The standard InChI is InChI=1S/C44H56S4/c1-3-5-7-9-11-13-14-16-18-20-22-36-26-30-40(46-36)34-24-28-38-42(32-34)48-43-37-27-23-33(31-41(37)47-44(38)43)39-29-25-35(45-39)21-19-17-15-12-10-8-6-4-2/h23-32H,3-22H2,1-2H3. The van der Waals surface area contributed by atoms with Gasteiger partial charge in [-0.1, -0.05) is 141 Å². The van der Waals surface area contributed by atoms with Gasteiger partial charge < -0.3 is 0 Å². The number of thiophene rings is 4. The molecule has 4 heteroatoms. The zero-order valence-corrected chi connectivity index (χ0v) is 32.8. The van der Waals surface area contributed by atoms with E-state index < -0.39 is 0 Å². The van der Waals surface area contributed by atoms with Crippen LogP contribution >= 0.6 is 45.3 Å². The Labute approximate surface area is 306 Å². The van der Waals surface area contributed by atoms with Gasteiger partial charge in [0.15, 0.2) is 0 Å². The summed E-state index contributed by atoms with van der Waals surface area (Å²) in [6, 6.07) is 23.8. The predicted molar refractivity (Wildman–Crippen MR) is 223 cm³/mol. The lowest BCUT2D eigenvalue weighted by Crippen LogP contribution is -1.84. The Morgan fingerprint density at radius 1 is 0.375 bits per heavy atom. The van der Waals surface area contributed by atoms with Crippen LogP contribution in [0.1, 0.15) is 139 Å². The second-order valence-electron chi connectivity index (χ2n) is 14.0. The molecule has 0 radical (unpaired) electrons. The zero-order valence-electron chi connectivity index (χ0n) is 29.5. The molecular weight excluding hydrogens is 657 g/mol. The van der Waals surface area contributed by atoms with Crippen molar-refractivity contribution in [1.82, 2.24) is 0 Å². The Morgan fingerprint density at radius 2 is 0.750 bits per heavy atom. The van der Waals surface area contributed by atoms with Crippen LogP contribution in [-0.4, -0.2) is 0 Å². The molecule has 0 spiro atoms. The third kappa shape index (κ3) is 9.62. The minimum atomic E-state index is 1.23. The fraction of sp³-hybridized carbons (Fsp3) is 0.500. The lowest BCUT2D eigenvalue weighted by atomic mass is 10.1. The number of benzene rings is 2. The average molecular weight is 713 g/mol. The van der Waals surface area contributed by atoms with Gasteiger partial charge in [-0.25, -0.2) is 0 Å². The molecule has 0 unspecified atom stereocenters. The van der Waals surface area contributed by atoms with Gasteiger partial charge in [-0.15, -0.1) is 45.3 Å². The fourth-order valence-corrected chi connectivity index (χ4v) is 11.9. The maximum Gasteiger partial charge on any atom is 0.0542 e. The molecule has 6 aromatic rings. The number of hydrogen-bond acceptors (Lipinski definition) is 4. The van der Waals surface area contributed by atoms with E-state index in [-0.39, 0.29) is 0 Å². The predicted octanol–water partition coefficient (Wildman–Crippen LogP) is 16.9. The third-order valence-corrected chi connectivity index (χ3v) is 14.9. The molecule has 0 aliphatic rings. The molecule has 4 aromatic heterocycles. The number of aryl methyl sites for hydroxylation is 2. The van der Waals surface area contributed by atoms with Crippen LogP contribution in [0.4, 0.5) is 0 Å². The molecule has 0 saturated carbocycles. The molecule has 0 amide bonds. The molecule has 0 saturated heterocycles. The molecule has 0 fully saturated rings. The molecule has 0 atom stereocenters. The Bertz CT molecular complexity index is 1820. The lowest BCUT2D eigenvalue weighted by Gasteiger charge is -2.02. The second kappa shape index (κ2) is 18.9. The van der Waals surface area contributed by atoms with Crippen molar-refractivity contribution in [3.05, 3.63) is 70.4 Å². The van der Waals surface area contributed by atoms with Crippen molar-refractivity contribution in [1.29, 1.82) is 0 Å². The molecule has 6 rings (SSSR count). The Morgan fingerprint density at radius 3 is 1.15 bits per heavy atom. The van der Waals surface area contributed by atoms with Crippen LogP contribution < -0.4 is 0 Å². The highest BCUT2D eigenvalue weighted by Gasteiger charge is 2.15. The highest BCUT2D eigenvalue weighted by atomic mass is 32.1. The Hall–Kier alpha value is -1.98. The summed E-state index contributed by atoms with van der Waals surface area (Å²) < 4.78 is 5.77. The molecule has 0 nitrogen and oxygen atoms in total.